The van der Waals surface area contributed by atoms with Gasteiger partial charge in [-0.1, -0.05) is 41.1 Å². The Labute approximate surface area is 279 Å². The standard InChI is InChI=1S/C42H27N7/c1-24-37(32-19-20-35-43-21-9-22-44(32)35)25(2)49-42-38-33(46-30-12-5-3-10-26(30)28-16-18-34(48(24)49)39(42)40(28)46)17-15-29-27-11-4-6-13-31(27)47(41(29)38)36-14-7-8-23-45(36)42/h3-23H,1-2H3/q+2. The lowest BCUT2D eigenvalue weighted by Crippen LogP contribution is -2.77. The van der Waals surface area contributed by atoms with Crippen molar-refractivity contribution in [3.05, 3.63) is 150 Å². The highest BCUT2D eigenvalue weighted by Crippen LogP contribution is 2.55. The van der Waals surface area contributed by atoms with Crippen molar-refractivity contribution in [1.29, 1.82) is 0 Å². The summed E-state index contributed by atoms with van der Waals surface area (Å²) in [6.45, 7) is 4.59. The SMILES string of the molecule is Cc1c(-c2ccc3ncccn23)c(C)[n+]2n1-c1ccc3c4ccccc4n4c3c1C21c2c-4ccc3c4ccccc4n(c23)-c2cccc[n+]21. The van der Waals surface area contributed by atoms with Crippen LogP contribution in [-0.4, -0.2) is 23.2 Å². The summed E-state index contributed by atoms with van der Waals surface area (Å²) in [6, 6.07) is 40.3. The maximum atomic E-state index is 4.67. The van der Waals surface area contributed by atoms with E-state index in [4.69, 9.17) is 0 Å². The Balaban J connectivity index is 1.34. The lowest BCUT2D eigenvalue weighted by atomic mass is 9.82. The summed E-state index contributed by atoms with van der Waals surface area (Å²) in [6.07, 6.45) is 6.30. The molecule has 6 aromatic heterocycles. The number of para-hydroxylation sites is 2. The Morgan fingerprint density at radius 2 is 1.33 bits per heavy atom. The van der Waals surface area contributed by atoms with E-state index in [9.17, 15) is 0 Å². The molecule has 13 rings (SSSR count). The van der Waals surface area contributed by atoms with E-state index < -0.39 is 5.66 Å². The Morgan fingerprint density at radius 3 is 2.14 bits per heavy atom. The number of fused-ring (bicyclic) bond motifs is 12. The molecule has 1 atom stereocenters. The summed E-state index contributed by atoms with van der Waals surface area (Å²) >= 11 is 0. The molecule has 7 heteroatoms. The van der Waals surface area contributed by atoms with Crippen LogP contribution in [0.25, 0.3) is 77.7 Å². The van der Waals surface area contributed by atoms with Crippen LogP contribution in [0, 0.1) is 13.8 Å². The third-order valence-electron chi connectivity index (χ3n) is 11.8. The molecule has 1 spiro atoms. The quantitative estimate of drug-likeness (QED) is 0.174. The van der Waals surface area contributed by atoms with Gasteiger partial charge >= 0.3 is 5.66 Å². The lowest BCUT2D eigenvalue weighted by Gasteiger charge is -2.33. The summed E-state index contributed by atoms with van der Waals surface area (Å²) < 4.78 is 15.0. The number of rotatable bonds is 1. The van der Waals surface area contributed by atoms with Gasteiger partial charge in [-0.15, -0.1) is 4.68 Å². The molecule has 0 fully saturated rings. The molecular weight excluding hydrogens is 603 g/mol. The molecule has 0 saturated heterocycles. The molecule has 1 unspecified atom stereocenters. The molecule has 0 bridgehead atoms. The van der Waals surface area contributed by atoms with Gasteiger partial charge in [0.25, 0.3) is 5.82 Å². The average Bonchev–Trinajstić information content (AvgIpc) is 3.93. The van der Waals surface area contributed by atoms with E-state index in [2.05, 4.69) is 162 Å². The molecule has 7 nitrogen and oxygen atoms in total. The third-order valence-corrected chi connectivity index (χ3v) is 11.8. The molecule has 0 saturated carbocycles. The zero-order chi connectivity index (χ0) is 31.9. The van der Waals surface area contributed by atoms with Crippen molar-refractivity contribution in [2.75, 3.05) is 0 Å². The molecule has 0 N–H and O–H groups in total. The second-order valence-corrected chi connectivity index (χ2v) is 13.8. The largest absolute Gasteiger partial charge is 0.394 e. The molecule has 3 aliphatic rings. The minimum atomic E-state index is -0.687. The van der Waals surface area contributed by atoms with Gasteiger partial charge in [0.05, 0.1) is 39.9 Å². The van der Waals surface area contributed by atoms with E-state index in [1.54, 1.807) is 0 Å². The third kappa shape index (κ3) is 2.40. The smallest absolute Gasteiger partial charge is 0.307 e. The zero-order valence-electron chi connectivity index (χ0n) is 26.8. The molecule has 4 aromatic carbocycles. The molecule has 49 heavy (non-hydrogen) atoms. The summed E-state index contributed by atoms with van der Waals surface area (Å²) in [7, 11) is 0. The normalized spacial score (nSPS) is 16.4. The molecule has 10 aromatic rings. The Hall–Kier alpha value is -6.47. The molecular formula is C42H27N7+2. The van der Waals surface area contributed by atoms with E-state index in [-0.39, 0.29) is 0 Å². The van der Waals surface area contributed by atoms with Crippen LogP contribution in [0.1, 0.15) is 22.5 Å². The molecule has 228 valence electrons. The topological polar surface area (TPSA) is 39.9 Å². The maximum absolute atomic E-state index is 4.67. The van der Waals surface area contributed by atoms with Crippen molar-refractivity contribution in [3.63, 3.8) is 0 Å². The van der Waals surface area contributed by atoms with Gasteiger partial charge in [0.15, 0.2) is 5.52 Å². The van der Waals surface area contributed by atoms with Crippen molar-refractivity contribution in [2.45, 2.75) is 19.5 Å². The first-order valence-corrected chi connectivity index (χ1v) is 16.9. The van der Waals surface area contributed by atoms with Crippen molar-refractivity contribution in [3.8, 4) is 28.5 Å². The monoisotopic (exact) mass is 629 g/mol. The average molecular weight is 630 g/mol. The van der Waals surface area contributed by atoms with Crippen molar-refractivity contribution < 1.29 is 9.25 Å². The van der Waals surface area contributed by atoms with Gasteiger partial charge in [-0.05, 0) is 73.7 Å². The predicted octanol–water partition coefficient (Wildman–Crippen LogP) is 7.42. The van der Waals surface area contributed by atoms with Gasteiger partial charge in [0.2, 0.25) is 5.69 Å². The Morgan fingerprint density at radius 1 is 0.633 bits per heavy atom. The Kier molecular flexibility index (Phi) is 3.93. The minimum Gasteiger partial charge on any atom is -0.307 e. The summed E-state index contributed by atoms with van der Waals surface area (Å²) in [5, 5.41) is 5.12. The van der Waals surface area contributed by atoms with E-state index in [1.807, 2.05) is 12.3 Å². The molecule has 0 radical (unpaired) electrons. The van der Waals surface area contributed by atoms with E-state index in [0.29, 0.717) is 0 Å². The highest BCUT2D eigenvalue weighted by atomic mass is 15.6. The summed E-state index contributed by atoms with van der Waals surface area (Å²) in [5.74, 6) is 1.16. The van der Waals surface area contributed by atoms with Crippen LogP contribution < -0.4 is 9.25 Å². The molecule has 0 aliphatic carbocycles. The highest BCUT2D eigenvalue weighted by molar-refractivity contribution is 6.16. The second-order valence-electron chi connectivity index (χ2n) is 13.8. The first kappa shape index (κ1) is 24.7. The van der Waals surface area contributed by atoms with Crippen LogP contribution in [0.15, 0.2) is 128 Å². The first-order chi connectivity index (χ1) is 24.2. The Bertz CT molecular complexity index is 3200. The van der Waals surface area contributed by atoms with E-state index in [1.165, 1.54) is 83.1 Å². The highest BCUT2D eigenvalue weighted by Gasteiger charge is 2.69. The fourth-order valence-electron chi connectivity index (χ4n) is 10.2. The molecule has 0 amide bonds. The minimum absolute atomic E-state index is 0.687. The first-order valence-electron chi connectivity index (χ1n) is 16.9. The number of hydrogen-bond acceptors (Lipinski definition) is 1. The van der Waals surface area contributed by atoms with Gasteiger partial charge < -0.3 is 8.97 Å². The van der Waals surface area contributed by atoms with E-state index in [0.717, 1.165) is 17.2 Å². The number of pyridine rings is 1. The fraction of sp³-hybridized carbons (Fsp3) is 0.0714. The van der Waals surface area contributed by atoms with Crippen molar-refractivity contribution in [2.24, 2.45) is 0 Å². The summed E-state index contributed by atoms with van der Waals surface area (Å²) in [5.41, 5.74) is 15.2. The number of hydrogen-bond donors (Lipinski definition) is 0. The molecule has 9 heterocycles. The predicted molar refractivity (Wildman–Crippen MR) is 190 cm³/mol. The number of nitrogens with zero attached hydrogens (tertiary/aromatic N) is 7. The summed E-state index contributed by atoms with van der Waals surface area (Å²) in [4.78, 5) is 4.67. The number of aromatic nitrogens is 7. The molecule has 3 aliphatic heterocycles. The van der Waals surface area contributed by atoms with Crippen LogP contribution in [0.3, 0.4) is 0 Å². The van der Waals surface area contributed by atoms with Crippen molar-refractivity contribution in [1.82, 2.24) is 23.2 Å². The lowest BCUT2D eigenvalue weighted by molar-refractivity contribution is -0.995. The van der Waals surface area contributed by atoms with Crippen LogP contribution in [0.2, 0.25) is 0 Å². The maximum Gasteiger partial charge on any atom is 0.394 e. The van der Waals surface area contributed by atoms with E-state index >= 15 is 0 Å². The van der Waals surface area contributed by atoms with Crippen molar-refractivity contribution >= 4 is 49.3 Å². The number of benzene rings is 4. The van der Waals surface area contributed by atoms with Gasteiger partial charge in [-0.2, -0.15) is 9.13 Å². The van der Waals surface area contributed by atoms with Gasteiger partial charge in [-0.3, -0.25) is 0 Å². The second kappa shape index (κ2) is 7.80. The zero-order valence-corrected chi connectivity index (χ0v) is 26.8. The van der Waals surface area contributed by atoms with Crippen LogP contribution in [0.5, 0.6) is 0 Å². The van der Waals surface area contributed by atoms with Crippen LogP contribution >= 0.6 is 0 Å². The van der Waals surface area contributed by atoms with Gasteiger partial charge in [0.1, 0.15) is 28.0 Å². The van der Waals surface area contributed by atoms with Gasteiger partial charge in [0, 0.05) is 46.9 Å². The fourth-order valence-corrected chi connectivity index (χ4v) is 10.2. The van der Waals surface area contributed by atoms with Gasteiger partial charge in [-0.25, -0.2) is 4.98 Å². The van der Waals surface area contributed by atoms with Crippen LogP contribution in [-0.2, 0) is 5.66 Å². The van der Waals surface area contributed by atoms with Crippen LogP contribution in [0.4, 0.5) is 0 Å².